The molecule has 1 N–H and O–H groups in total. The first-order chi connectivity index (χ1) is 17.0. The van der Waals surface area contributed by atoms with Crippen molar-refractivity contribution in [3.05, 3.63) is 81.9 Å². The summed E-state index contributed by atoms with van der Waals surface area (Å²) >= 11 is 0. The van der Waals surface area contributed by atoms with E-state index in [1.165, 1.54) is 21.0 Å². The van der Waals surface area contributed by atoms with Crippen LogP contribution in [0.5, 0.6) is 0 Å². The molecule has 0 radical (unpaired) electrons. The second-order valence-electron chi connectivity index (χ2n) is 8.92. The van der Waals surface area contributed by atoms with Crippen LogP contribution < -0.4 is 62.2 Å². The van der Waals surface area contributed by atoms with E-state index in [1.54, 1.807) is 6.92 Å². The van der Waals surface area contributed by atoms with Gasteiger partial charge in [-0.2, -0.15) is 0 Å². The zero-order chi connectivity index (χ0) is 26.2. The van der Waals surface area contributed by atoms with Gasteiger partial charge in [-0.15, -0.1) is 5.46 Å². The number of hydrogen-bond donors (Lipinski definition) is 1. The van der Waals surface area contributed by atoms with Gasteiger partial charge in [-0.05, 0) is 54.2 Å². The minimum atomic E-state index is -5.40. The summed E-state index contributed by atoms with van der Waals surface area (Å²) in [4.78, 5) is 24.7. The molecular formula is C27H26BF3KNO4. The molecule has 1 aliphatic carbocycles. The van der Waals surface area contributed by atoms with Gasteiger partial charge in [-0.25, -0.2) is 4.79 Å². The summed E-state index contributed by atoms with van der Waals surface area (Å²) < 4.78 is 52.2. The van der Waals surface area contributed by atoms with Crippen molar-refractivity contribution in [3.8, 4) is 11.1 Å². The summed E-state index contributed by atoms with van der Waals surface area (Å²) in [5, 5.41) is 2.52. The Bertz CT molecular complexity index is 1310. The third-order valence-electron chi connectivity index (χ3n) is 6.91. The second-order valence-corrected chi connectivity index (χ2v) is 8.92. The topological polar surface area (TPSA) is 64.6 Å². The van der Waals surface area contributed by atoms with E-state index in [9.17, 15) is 22.5 Å². The van der Waals surface area contributed by atoms with Gasteiger partial charge in [0.2, 0.25) is 0 Å². The van der Waals surface area contributed by atoms with E-state index < -0.39 is 24.5 Å². The third kappa shape index (κ3) is 5.83. The van der Waals surface area contributed by atoms with Crippen molar-refractivity contribution in [2.45, 2.75) is 33.1 Å². The number of anilines is 1. The number of esters is 1. The molecule has 10 heteroatoms. The van der Waals surface area contributed by atoms with E-state index in [2.05, 4.69) is 10.1 Å². The molecule has 0 fully saturated rings. The summed E-state index contributed by atoms with van der Waals surface area (Å²) in [7, 11) is 1.17. The summed E-state index contributed by atoms with van der Waals surface area (Å²) in [6, 6.07) is 15.7. The molecule has 0 heterocycles. The van der Waals surface area contributed by atoms with Crippen molar-refractivity contribution in [1.82, 2.24) is 0 Å². The predicted molar refractivity (Wildman–Crippen MR) is 134 cm³/mol. The Morgan fingerprint density at radius 3 is 1.95 bits per heavy atom. The monoisotopic (exact) mass is 535 g/mol. The number of halogens is 3. The van der Waals surface area contributed by atoms with Crippen LogP contribution in [0, 0.1) is 20.8 Å². The third-order valence-corrected chi connectivity index (χ3v) is 6.91. The maximum Gasteiger partial charge on any atom is 1.00 e. The van der Waals surface area contributed by atoms with Crippen molar-refractivity contribution in [3.63, 3.8) is 0 Å². The zero-order valence-corrected chi connectivity index (χ0v) is 24.6. The number of amides is 1. The van der Waals surface area contributed by atoms with Gasteiger partial charge in [0, 0.05) is 11.6 Å². The molecule has 3 aromatic carbocycles. The maximum absolute atomic E-state index is 14.0. The molecule has 1 amide bonds. The molecule has 188 valence electrons. The van der Waals surface area contributed by atoms with E-state index in [0.717, 1.165) is 22.3 Å². The molecule has 0 unspecified atom stereocenters. The first-order valence-electron chi connectivity index (χ1n) is 11.6. The number of fused-ring (bicyclic) bond motifs is 3. The predicted octanol–water partition coefficient (Wildman–Crippen LogP) is 2.75. The van der Waals surface area contributed by atoms with E-state index >= 15 is 0 Å². The van der Waals surface area contributed by atoms with Gasteiger partial charge >= 0.3 is 70.4 Å². The summed E-state index contributed by atoms with van der Waals surface area (Å²) in [6.45, 7) is -1.16. The smallest absolute Gasteiger partial charge is 0.469 e. The van der Waals surface area contributed by atoms with Gasteiger partial charge in [-0.1, -0.05) is 59.7 Å². The van der Waals surface area contributed by atoms with Gasteiger partial charge in [0.05, 0.1) is 13.5 Å². The molecule has 0 spiro atoms. The van der Waals surface area contributed by atoms with Gasteiger partial charge < -0.3 is 22.4 Å². The molecule has 3 aromatic rings. The second kappa shape index (κ2) is 11.7. The van der Waals surface area contributed by atoms with Gasteiger partial charge in [-0.3, -0.25) is 10.1 Å². The molecule has 4 rings (SSSR count). The van der Waals surface area contributed by atoms with Crippen molar-refractivity contribution < 1.29 is 83.4 Å². The molecule has 0 saturated heterocycles. The Morgan fingerprint density at radius 1 is 0.892 bits per heavy atom. The summed E-state index contributed by atoms with van der Waals surface area (Å²) in [5.74, 6) is -0.856. The van der Waals surface area contributed by atoms with Crippen LogP contribution in [-0.2, 0) is 20.7 Å². The Labute approximate surface area is 256 Å². The van der Waals surface area contributed by atoms with Crippen LogP contribution in [0.15, 0.2) is 48.5 Å². The van der Waals surface area contributed by atoms with Crippen LogP contribution in [0.3, 0.4) is 0 Å². The Balaban J connectivity index is 0.00000380. The van der Waals surface area contributed by atoms with Crippen LogP contribution >= 0.6 is 0 Å². The van der Waals surface area contributed by atoms with Gasteiger partial charge in [0.15, 0.2) is 0 Å². The number of carbonyl (C=O) groups is 2. The van der Waals surface area contributed by atoms with Crippen molar-refractivity contribution in [2.75, 3.05) is 19.0 Å². The van der Waals surface area contributed by atoms with Gasteiger partial charge in [0.1, 0.15) is 6.61 Å². The van der Waals surface area contributed by atoms with Gasteiger partial charge in [0.25, 0.3) is 0 Å². The quantitative estimate of drug-likeness (QED) is 0.390. The fourth-order valence-corrected chi connectivity index (χ4v) is 5.19. The molecular weight excluding hydrogens is 509 g/mol. The average Bonchev–Trinajstić information content (AvgIpc) is 3.16. The van der Waals surface area contributed by atoms with Crippen molar-refractivity contribution in [2.24, 2.45) is 0 Å². The van der Waals surface area contributed by atoms with Crippen LogP contribution in [0.2, 0.25) is 0 Å². The summed E-state index contributed by atoms with van der Waals surface area (Å²) in [6.07, 6.45) is -1.20. The SMILES string of the molecule is COC(=O)Cc1c(C)c(NC(=O)OCC2c3ccccc3-c3ccccc32)c(C)c([B-](F)(F)F)c1C.[K+]. The van der Waals surface area contributed by atoms with Crippen molar-refractivity contribution in [1.29, 1.82) is 0 Å². The van der Waals surface area contributed by atoms with Crippen LogP contribution in [0.1, 0.15) is 39.3 Å². The van der Waals surface area contributed by atoms with Crippen molar-refractivity contribution >= 4 is 30.2 Å². The molecule has 37 heavy (non-hydrogen) atoms. The molecule has 0 aromatic heterocycles. The van der Waals surface area contributed by atoms with E-state index in [-0.39, 0.29) is 92.7 Å². The Hall–Kier alpha value is -2.11. The number of ether oxygens (including phenoxy) is 2. The minimum Gasteiger partial charge on any atom is -0.469 e. The maximum atomic E-state index is 14.0. The number of methoxy groups -OCH3 is 1. The molecule has 0 atom stereocenters. The number of nitrogens with one attached hydrogen (secondary N) is 1. The zero-order valence-electron chi connectivity index (χ0n) is 21.5. The number of benzene rings is 3. The van der Waals surface area contributed by atoms with E-state index in [0.29, 0.717) is 5.56 Å². The number of hydrogen-bond acceptors (Lipinski definition) is 4. The Kier molecular flexibility index (Phi) is 9.34. The molecule has 5 nitrogen and oxygen atoms in total. The molecule has 0 bridgehead atoms. The van der Waals surface area contributed by atoms with Crippen LogP contribution in [0.4, 0.5) is 23.4 Å². The van der Waals surface area contributed by atoms with Crippen LogP contribution in [-0.4, -0.2) is 32.8 Å². The largest absolute Gasteiger partial charge is 1.00 e. The molecule has 0 saturated carbocycles. The average molecular weight is 535 g/mol. The normalized spacial score (nSPS) is 12.3. The fraction of sp³-hybridized carbons (Fsp3) is 0.259. The van der Waals surface area contributed by atoms with E-state index in [1.807, 2.05) is 48.5 Å². The first kappa shape index (κ1) is 29.4. The molecule has 0 aliphatic heterocycles. The summed E-state index contributed by atoms with van der Waals surface area (Å²) in [5.41, 5.74) is 3.74. The number of rotatable bonds is 6. The Morgan fingerprint density at radius 2 is 1.43 bits per heavy atom. The molecule has 1 aliphatic rings. The minimum absolute atomic E-state index is 0. The standard InChI is InChI=1S/C27H26BF3NO4.K/c1-15-22(13-24(33)35-4)16(2)26(17(3)25(15)28(29,30)31)32-27(34)36-14-23-20-11-7-5-9-18(20)19-10-6-8-12-21(19)23;/h5-12,23H,13-14H2,1-4H3,(H,32,34);/q-1;+1. The van der Waals surface area contributed by atoms with E-state index in [4.69, 9.17) is 4.74 Å². The fourth-order valence-electron chi connectivity index (χ4n) is 5.19. The van der Waals surface area contributed by atoms with Crippen LogP contribution in [0.25, 0.3) is 11.1 Å². The number of carbonyl (C=O) groups excluding carboxylic acids is 2. The first-order valence-corrected chi connectivity index (χ1v) is 11.6.